The summed E-state index contributed by atoms with van der Waals surface area (Å²) >= 11 is 11.9. The van der Waals surface area contributed by atoms with Gasteiger partial charge in [0.1, 0.15) is 30.0 Å². The molecule has 0 N–H and O–H groups in total. The van der Waals surface area contributed by atoms with Crippen molar-refractivity contribution in [2.75, 3.05) is 36.1 Å². The van der Waals surface area contributed by atoms with Crippen molar-refractivity contribution in [3.8, 4) is 0 Å². The highest BCUT2D eigenvalue weighted by Crippen LogP contribution is 2.35. The minimum absolute atomic E-state index is 0.0263. The first-order chi connectivity index (χ1) is 30.1. The molecule has 65 heavy (non-hydrogen) atoms. The second-order valence-corrected chi connectivity index (χ2v) is 16.4. The Balaban J connectivity index is 0.000000345. The van der Waals surface area contributed by atoms with E-state index in [1.54, 1.807) is 13.8 Å². The van der Waals surface area contributed by atoms with Crippen LogP contribution in [-0.2, 0) is 53.2 Å². The lowest BCUT2D eigenvalue weighted by Crippen LogP contribution is -2.47. The molecule has 2 amide bonds. The molecule has 15 nitrogen and oxygen atoms in total. The maximum absolute atomic E-state index is 15.3. The van der Waals surface area contributed by atoms with Crippen molar-refractivity contribution < 1.29 is 69.2 Å². The number of aromatic nitrogens is 4. The van der Waals surface area contributed by atoms with Gasteiger partial charge in [-0.1, -0.05) is 29.3 Å². The Morgan fingerprint density at radius 1 is 0.677 bits per heavy atom. The molecule has 0 aliphatic rings. The van der Waals surface area contributed by atoms with Crippen molar-refractivity contribution in [1.29, 1.82) is 0 Å². The molecule has 0 aliphatic carbocycles. The molecule has 0 bridgehead atoms. The number of halogens is 8. The molecule has 0 aromatic carbocycles. The van der Waals surface area contributed by atoms with Crippen molar-refractivity contribution in [1.82, 2.24) is 15.0 Å². The molecule has 4 rings (SSSR count). The van der Waals surface area contributed by atoms with E-state index in [9.17, 15) is 33.2 Å². The molecule has 4 aromatic heterocycles. The summed E-state index contributed by atoms with van der Waals surface area (Å²) in [4.78, 5) is 60.9. The summed E-state index contributed by atoms with van der Waals surface area (Å²) in [6.07, 6.45) is 0.110. The summed E-state index contributed by atoms with van der Waals surface area (Å²) in [5, 5.41) is 11.4. The van der Waals surface area contributed by atoms with Gasteiger partial charge in [-0.3, -0.25) is 24.4 Å². The Bertz CT molecular complexity index is 2320. The van der Waals surface area contributed by atoms with E-state index in [0.717, 1.165) is 30.7 Å². The number of carbonyl (C=O) groups excluding carboxylic acids is 4. The smallest absolute Gasteiger partial charge is 0.416 e. The highest BCUT2D eigenvalue weighted by molar-refractivity contribution is 6.31. The van der Waals surface area contributed by atoms with Gasteiger partial charge in [0.15, 0.2) is 29.5 Å². The molecule has 0 saturated heterocycles. The standard InChI is InChI=1S/C21H23ClF3N3O5.C21H23ClF3N3O4/c1-5-32-16(29)10-13-14(22)11-26-18(17(13)23)27(19(30)33-20(2,3)4)12-21(24,25)15-8-6-7-9-28(15)31;1-5-31-16(29)10-13-14(22)11-27-18(17(13)23)28(19(30)32-20(2,3)4)12-21(24,25)15-8-6-7-9-26-15/h6-9,11H,5,10,12H2,1-4H3;6-9,11H,5,10,12H2,1-4H3. The number of hydrogen-bond acceptors (Lipinski definition) is 12. The monoisotopic (exact) mass is 962 g/mol. The van der Waals surface area contributed by atoms with Crippen LogP contribution in [-0.4, -0.2) is 76.6 Å². The fourth-order valence-corrected chi connectivity index (χ4v) is 5.73. The summed E-state index contributed by atoms with van der Waals surface area (Å²) in [6, 6.07) is 7.22. The summed E-state index contributed by atoms with van der Waals surface area (Å²) in [5.41, 5.74) is -4.52. The number of esters is 2. The molecule has 23 heteroatoms. The van der Waals surface area contributed by atoms with Crippen LogP contribution in [0.2, 0.25) is 10.0 Å². The number of ether oxygens (including phenoxy) is 4. The molecule has 0 atom stereocenters. The van der Waals surface area contributed by atoms with Crippen LogP contribution in [0, 0.1) is 16.8 Å². The zero-order chi connectivity index (χ0) is 49.1. The van der Waals surface area contributed by atoms with E-state index in [0.29, 0.717) is 4.90 Å². The maximum atomic E-state index is 15.3. The van der Waals surface area contributed by atoms with Gasteiger partial charge in [0.2, 0.25) is 0 Å². The summed E-state index contributed by atoms with van der Waals surface area (Å²) in [7, 11) is 0. The largest absolute Gasteiger partial charge is 0.618 e. The lowest BCUT2D eigenvalue weighted by atomic mass is 10.1. The number of pyridine rings is 4. The fourth-order valence-electron chi connectivity index (χ4n) is 5.33. The Hall–Kier alpha value is -5.96. The van der Waals surface area contributed by atoms with Crippen LogP contribution in [0.5, 0.6) is 0 Å². The summed E-state index contributed by atoms with van der Waals surface area (Å²) in [6.45, 7) is 9.44. The first kappa shape index (κ1) is 53.4. The van der Waals surface area contributed by atoms with Crippen LogP contribution in [0.3, 0.4) is 0 Å². The second-order valence-electron chi connectivity index (χ2n) is 15.6. The highest BCUT2D eigenvalue weighted by Gasteiger charge is 2.45. The molecule has 0 aliphatic heterocycles. The van der Waals surface area contributed by atoms with Crippen molar-refractivity contribution in [2.45, 2.75) is 91.3 Å². The molecule has 0 unspecified atom stereocenters. The predicted molar refractivity (Wildman–Crippen MR) is 224 cm³/mol. The van der Waals surface area contributed by atoms with E-state index in [1.807, 2.05) is 0 Å². The molecular formula is C42H46Cl2F6N6O9. The van der Waals surface area contributed by atoms with Crippen LogP contribution >= 0.6 is 23.2 Å². The quantitative estimate of drug-likeness (QED) is 0.0386. The fraction of sp³-hybridized carbons (Fsp3) is 0.429. The van der Waals surface area contributed by atoms with Gasteiger partial charge in [-0.2, -0.15) is 22.3 Å². The van der Waals surface area contributed by atoms with E-state index < -0.39 is 113 Å². The highest BCUT2D eigenvalue weighted by atomic mass is 35.5. The molecule has 0 saturated carbocycles. The Kier molecular flexibility index (Phi) is 18.3. The predicted octanol–water partition coefficient (Wildman–Crippen LogP) is 9.05. The van der Waals surface area contributed by atoms with Crippen molar-refractivity contribution >= 4 is 59.0 Å². The van der Waals surface area contributed by atoms with Crippen LogP contribution in [0.1, 0.15) is 77.9 Å². The zero-order valence-corrected chi connectivity index (χ0v) is 37.9. The van der Waals surface area contributed by atoms with Crippen LogP contribution < -0.4 is 14.5 Å². The molecular weight excluding hydrogens is 917 g/mol. The minimum atomic E-state index is -3.92. The van der Waals surface area contributed by atoms with Gasteiger partial charge in [0, 0.05) is 41.9 Å². The molecule has 0 fully saturated rings. The van der Waals surface area contributed by atoms with Crippen molar-refractivity contribution in [3.05, 3.63) is 111 Å². The molecule has 0 spiro atoms. The van der Waals surface area contributed by atoms with E-state index >= 15 is 17.6 Å². The molecule has 354 valence electrons. The lowest BCUT2D eigenvalue weighted by Gasteiger charge is -2.29. The zero-order valence-electron chi connectivity index (χ0n) is 36.4. The number of hydrogen-bond donors (Lipinski definition) is 0. The van der Waals surface area contributed by atoms with E-state index in [4.69, 9.17) is 42.1 Å². The van der Waals surface area contributed by atoms with Crippen molar-refractivity contribution in [2.24, 2.45) is 0 Å². The normalized spacial score (nSPS) is 11.8. The second kappa shape index (κ2) is 22.3. The number of nitrogens with zero attached hydrogens (tertiary/aromatic N) is 6. The van der Waals surface area contributed by atoms with Gasteiger partial charge >= 0.3 is 36.0 Å². The van der Waals surface area contributed by atoms with Gasteiger partial charge in [-0.05, 0) is 73.6 Å². The van der Waals surface area contributed by atoms with E-state index in [2.05, 4.69) is 15.0 Å². The van der Waals surface area contributed by atoms with E-state index in [1.165, 1.54) is 72.0 Å². The Labute approximate surface area is 380 Å². The SMILES string of the molecule is CCOC(=O)Cc1c(Cl)cnc(N(CC(F)(F)c2cccc[n+]2[O-])C(=O)OC(C)(C)C)c1F.CCOC(=O)Cc1c(Cl)cnc(N(CC(F)(F)c2ccccn2)C(=O)OC(C)(C)C)c1F. The number of rotatable bonds is 14. The number of alkyl halides is 4. The van der Waals surface area contributed by atoms with Crippen LogP contribution in [0.15, 0.2) is 61.2 Å². The van der Waals surface area contributed by atoms with Gasteiger partial charge in [0.25, 0.3) is 5.69 Å². The maximum Gasteiger partial charge on any atom is 0.416 e. The summed E-state index contributed by atoms with van der Waals surface area (Å²) in [5.74, 6) is -13.3. The topological polar surface area (TPSA) is 177 Å². The summed E-state index contributed by atoms with van der Waals surface area (Å²) < 4.78 is 110. The Morgan fingerprint density at radius 2 is 1.11 bits per heavy atom. The number of carbonyl (C=O) groups is 4. The van der Waals surface area contributed by atoms with Gasteiger partial charge in [0.05, 0.1) is 36.1 Å². The average molecular weight is 964 g/mol. The van der Waals surface area contributed by atoms with E-state index in [-0.39, 0.29) is 38.5 Å². The van der Waals surface area contributed by atoms with Gasteiger partial charge in [-0.15, -0.1) is 0 Å². The van der Waals surface area contributed by atoms with Gasteiger partial charge < -0.3 is 24.2 Å². The third-order valence-electron chi connectivity index (χ3n) is 8.04. The molecule has 4 heterocycles. The average Bonchev–Trinajstić information content (AvgIpc) is 3.19. The number of amides is 2. The third-order valence-corrected chi connectivity index (χ3v) is 8.69. The van der Waals surface area contributed by atoms with Crippen LogP contribution in [0.25, 0.3) is 0 Å². The first-order valence-electron chi connectivity index (χ1n) is 19.5. The Morgan fingerprint density at radius 3 is 1.49 bits per heavy atom. The van der Waals surface area contributed by atoms with Crippen molar-refractivity contribution in [3.63, 3.8) is 0 Å². The first-order valence-corrected chi connectivity index (χ1v) is 20.2. The minimum Gasteiger partial charge on any atom is -0.618 e. The van der Waals surface area contributed by atoms with Gasteiger partial charge in [-0.25, -0.2) is 28.3 Å². The molecule has 4 aromatic rings. The molecule has 0 radical (unpaired) electrons. The third kappa shape index (κ3) is 15.3. The van der Waals surface area contributed by atoms with Crippen LogP contribution in [0.4, 0.5) is 47.6 Å². The number of anilines is 2. The lowest BCUT2D eigenvalue weighted by molar-refractivity contribution is -0.624.